The molecule has 0 aromatic carbocycles. The lowest BCUT2D eigenvalue weighted by atomic mass is 9.92. The second-order valence-electron chi connectivity index (χ2n) is 7.25. The molecule has 3 amide bonds. The number of rotatable bonds is 10. The number of carbonyl (C=O) groups excluding carboxylic acids is 2. The van der Waals surface area contributed by atoms with Crippen LogP contribution in [0.3, 0.4) is 0 Å². The third-order valence-corrected chi connectivity index (χ3v) is 8.39. The molecule has 17 nitrogen and oxygen atoms in total. The van der Waals surface area contributed by atoms with Crippen LogP contribution in [0.2, 0.25) is 0 Å². The van der Waals surface area contributed by atoms with Crippen LogP contribution in [0, 0.1) is 11.8 Å². The molecule has 7 N–H and O–H groups in total. The SMILES string of the molecule is CC1CN(C2OC(F)(COP(=O)(O)OP(=O)(O)OP(=O)(O)O)C(O)C2C(O)CF)C(=O)NC1=O. The number of alkyl halides is 2. The predicted molar refractivity (Wildman–Crippen MR) is 99.4 cm³/mol. The molecular formula is C12H21F2N2O15P3. The summed E-state index contributed by atoms with van der Waals surface area (Å²) in [5.74, 6) is -7.06. The van der Waals surface area contributed by atoms with Gasteiger partial charge in [0.05, 0.1) is 17.9 Å². The van der Waals surface area contributed by atoms with E-state index in [1.54, 1.807) is 0 Å². The van der Waals surface area contributed by atoms with Gasteiger partial charge in [-0.25, -0.2) is 27.3 Å². The lowest BCUT2D eigenvalue weighted by Gasteiger charge is -2.37. The van der Waals surface area contributed by atoms with E-state index in [2.05, 4.69) is 13.1 Å². The van der Waals surface area contributed by atoms with Crippen LogP contribution in [0.5, 0.6) is 0 Å². The highest BCUT2D eigenvalue weighted by Crippen LogP contribution is 2.66. The van der Waals surface area contributed by atoms with Crippen molar-refractivity contribution >= 4 is 35.4 Å². The zero-order chi connectivity index (χ0) is 26.3. The predicted octanol–water partition coefficient (Wildman–Crippen LogP) is -1.15. The average Bonchev–Trinajstić information content (AvgIpc) is 2.91. The zero-order valence-electron chi connectivity index (χ0n) is 16.9. The standard InChI is InChI=1S/C12H21F2N2O15P3/c1-5-3-16(11(20)15-9(5)19)10-7(6(17)2-13)8(18)12(14,29-10)4-28-33(24,25)31-34(26,27)30-32(21,22)23/h5-8,10,17-18H,2-4H2,1H3,(H,24,25)(H,26,27)(H,15,19,20)(H2,21,22,23). The minimum atomic E-state index is -5.93. The molecule has 2 aliphatic rings. The third kappa shape index (κ3) is 7.07. The number of hydrogen-bond donors (Lipinski definition) is 7. The Labute approximate surface area is 189 Å². The topological polar surface area (TPSA) is 259 Å². The van der Waals surface area contributed by atoms with Crippen LogP contribution >= 0.6 is 23.5 Å². The Morgan fingerprint density at radius 1 is 1.21 bits per heavy atom. The molecule has 0 radical (unpaired) electrons. The first kappa shape index (κ1) is 29.3. The Kier molecular flexibility index (Phi) is 8.81. The fourth-order valence-electron chi connectivity index (χ4n) is 3.14. The molecule has 8 atom stereocenters. The smallest absolute Gasteiger partial charge is 0.390 e. The molecule has 8 unspecified atom stereocenters. The first-order valence-electron chi connectivity index (χ1n) is 8.99. The summed E-state index contributed by atoms with van der Waals surface area (Å²) in [6.45, 7) is -2.41. The Balaban J connectivity index is 2.22. The van der Waals surface area contributed by atoms with E-state index in [4.69, 9.17) is 19.4 Å². The van der Waals surface area contributed by atoms with Gasteiger partial charge in [0.2, 0.25) is 5.91 Å². The van der Waals surface area contributed by atoms with Crippen molar-refractivity contribution in [3.63, 3.8) is 0 Å². The minimum Gasteiger partial charge on any atom is -0.390 e. The van der Waals surface area contributed by atoms with E-state index in [-0.39, 0.29) is 0 Å². The maximum Gasteiger partial charge on any atom is 0.490 e. The molecule has 0 saturated carbocycles. The van der Waals surface area contributed by atoms with Crippen molar-refractivity contribution in [3.05, 3.63) is 0 Å². The molecule has 2 aliphatic heterocycles. The molecular weight excluding hydrogens is 543 g/mol. The molecule has 22 heteroatoms. The summed E-state index contributed by atoms with van der Waals surface area (Å²) in [5.41, 5.74) is 0. The maximum atomic E-state index is 15.4. The van der Waals surface area contributed by atoms with Crippen LogP contribution < -0.4 is 5.32 Å². The van der Waals surface area contributed by atoms with Crippen molar-refractivity contribution in [3.8, 4) is 0 Å². The number of phosphoric acid groups is 3. The molecule has 198 valence electrons. The number of carbonyl (C=O) groups is 2. The van der Waals surface area contributed by atoms with Gasteiger partial charge in [-0.3, -0.25) is 19.5 Å². The molecule has 0 spiro atoms. The Morgan fingerprint density at radius 3 is 2.32 bits per heavy atom. The van der Waals surface area contributed by atoms with Crippen LogP contribution in [0.15, 0.2) is 0 Å². The lowest BCUT2D eigenvalue weighted by Crippen LogP contribution is -2.59. The Bertz CT molecular complexity index is 950. The third-order valence-electron chi connectivity index (χ3n) is 4.61. The largest absolute Gasteiger partial charge is 0.490 e. The fraction of sp³-hybridized carbons (Fsp3) is 0.833. The van der Waals surface area contributed by atoms with E-state index in [0.29, 0.717) is 4.90 Å². The summed E-state index contributed by atoms with van der Waals surface area (Å²) in [7, 11) is -17.5. The lowest BCUT2D eigenvalue weighted by molar-refractivity contribution is -0.210. The minimum absolute atomic E-state index is 0.413. The first-order chi connectivity index (χ1) is 15.3. The second-order valence-corrected chi connectivity index (χ2v) is 11.7. The van der Waals surface area contributed by atoms with Crippen molar-refractivity contribution in [2.45, 2.75) is 31.2 Å². The highest BCUT2D eigenvalue weighted by Gasteiger charge is 2.61. The Morgan fingerprint density at radius 2 is 1.79 bits per heavy atom. The van der Waals surface area contributed by atoms with E-state index < -0.39 is 91.4 Å². The van der Waals surface area contributed by atoms with Crippen molar-refractivity contribution in [1.82, 2.24) is 10.2 Å². The highest BCUT2D eigenvalue weighted by molar-refractivity contribution is 7.66. The number of urea groups is 1. The van der Waals surface area contributed by atoms with Crippen LogP contribution in [0.25, 0.3) is 0 Å². The quantitative estimate of drug-likeness (QED) is 0.155. The molecule has 0 bridgehead atoms. The normalized spacial score (nSPS) is 34.9. The summed E-state index contributed by atoms with van der Waals surface area (Å²) < 4.78 is 78.2. The molecule has 0 aromatic heterocycles. The van der Waals surface area contributed by atoms with E-state index in [1.165, 1.54) is 6.92 Å². The Hall–Kier alpha value is -0.910. The number of phosphoric ester groups is 1. The summed E-state index contributed by atoms with van der Waals surface area (Å²) in [5, 5.41) is 22.1. The number of aliphatic hydroxyl groups is 2. The van der Waals surface area contributed by atoms with E-state index in [9.17, 15) is 42.8 Å². The van der Waals surface area contributed by atoms with Crippen molar-refractivity contribution in [2.24, 2.45) is 11.8 Å². The van der Waals surface area contributed by atoms with Crippen LogP contribution in [0.1, 0.15) is 6.92 Å². The number of ether oxygens (including phenoxy) is 1. The number of halogens is 2. The number of amides is 3. The van der Waals surface area contributed by atoms with Gasteiger partial charge in [-0.15, -0.1) is 0 Å². The molecule has 2 heterocycles. The summed E-state index contributed by atoms with van der Waals surface area (Å²) >= 11 is 0. The van der Waals surface area contributed by atoms with Gasteiger partial charge in [-0.1, -0.05) is 6.92 Å². The number of imide groups is 1. The molecule has 2 saturated heterocycles. The van der Waals surface area contributed by atoms with Gasteiger partial charge in [0, 0.05) is 6.54 Å². The van der Waals surface area contributed by atoms with Gasteiger partial charge < -0.3 is 34.5 Å². The van der Waals surface area contributed by atoms with Crippen LogP contribution in [-0.4, -0.2) is 90.7 Å². The fourth-order valence-corrected chi connectivity index (χ4v) is 6.17. The van der Waals surface area contributed by atoms with E-state index in [1.807, 2.05) is 5.32 Å². The van der Waals surface area contributed by atoms with Gasteiger partial charge in [-0.2, -0.15) is 8.62 Å². The monoisotopic (exact) mass is 564 g/mol. The molecule has 2 fully saturated rings. The van der Waals surface area contributed by atoms with Crippen molar-refractivity contribution in [2.75, 3.05) is 19.8 Å². The zero-order valence-corrected chi connectivity index (χ0v) is 19.6. The van der Waals surface area contributed by atoms with Crippen LogP contribution in [-0.2, 0) is 36.4 Å². The van der Waals surface area contributed by atoms with Crippen LogP contribution in [0.4, 0.5) is 13.6 Å². The molecule has 0 aromatic rings. The van der Waals surface area contributed by atoms with Crippen molar-refractivity contribution < 1.29 is 79.7 Å². The van der Waals surface area contributed by atoms with Crippen molar-refractivity contribution in [1.29, 1.82) is 0 Å². The maximum absolute atomic E-state index is 15.4. The molecule has 34 heavy (non-hydrogen) atoms. The van der Waals surface area contributed by atoms with Gasteiger partial charge in [0.1, 0.15) is 25.6 Å². The molecule has 0 aliphatic carbocycles. The van der Waals surface area contributed by atoms with E-state index >= 15 is 4.39 Å². The summed E-state index contributed by atoms with van der Waals surface area (Å²) in [6.07, 6.45) is -6.59. The van der Waals surface area contributed by atoms with Gasteiger partial charge in [-0.05, 0) is 0 Å². The first-order valence-corrected chi connectivity index (χ1v) is 13.5. The molecule has 2 rings (SSSR count). The number of nitrogens with zero attached hydrogens (tertiary/aromatic N) is 1. The highest BCUT2D eigenvalue weighted by atomic mass is 31.3. The summed E-state index contributed by atoms with van der Waals surface area (Å²) in [6, 6.07) is -1.14. The summed E-state index contributed by atoms with van der Waals surface area (Å²) in [4.78, 5) is 60.0. The number of aliphatic hydroxyl groups excluding tert-OH is 2. The van der Waals surface area contributed by atoms with Gasteiger partial charge in [0.25, 0.3) is 5.85 Å². The second kappa shape index (κ2) is 10.2. The van der Waals surface area contributed by atoms with Gasteiger partial charge >= 0.3 is 29.5 Å². The van der Waals surface area contributed by atoms with E-state index in [0.717, 1.165) is 0 Å². The number of nitrogens with one attached hydrogen (secondary N) is 1. The van der Waals surface area contributed by atoms with Gasteiger partial charge in [0.15, 0.2) is 0 Å². The average molecular weight is 564 g/mol. The number of hydrogen-bond acceptors (Lipinski definition) is 11.